The third kappa shape index (κ3) is 5.66. The summed E-state index contributed by atoms with van der Waals surface area (Å²) in [6.45, 7) is 11.9. The Hall–Kier alpha value is -1.33. The topological polar surface area (TPSA) is 59.0 Å². The zero-order chi connectivity index (χ0) is 16.1. The molecule has 0 saturated carbocycles. The van der Waals surface area contributed by atoms with Crippen molar-refractivity contribution < 1.29 is 4.79 Å². The van der Waals surface area contributed by atoms with E-state index in [2.05, 4.69) is 42.6 Å². The van der Waals surface area contributed by atoms with E-state index in [9.17, 15) is 4.79 Å². The minimum atomic E-state index is 0. The third-order valence-electron chi connectivity index (χ3n) is 4.08. The molecule has 1 aliphatic rings. The van der Waals surface area contributed by atoms with E-state index in [1.807, 2.05) is 11.6 Å². The van der Waals surface area contributed by atoms with Crippen molar-refractivity contribution in [1.82, 2.24) is 20.4 Å². The van der Waals surface area contributed by atoms with Crippen LogP contribution in [-0.4, -0.2) is 35.3 Å². The Balaban J connectivity index is 0.00000264. The summed E-state index contributed by atoms with van der Waals surface area (Å²) < 4.78 is 2.03. The maximum atomic E-state index is 12.2. The lowest BCUT2D eigenvalue weighted by Gasteiger charge is -2.14. The van der Waals surface area contributed by atoms with Crippen LogP contribution in [0.2, 0.25) is 0 Å². The number of carbonyl (C=O) groups excluding carboxylic acids is 1. The molecule has 0 saturated heterocycles. The molecule has 130 valence electrons. The van der Waals surface area contributed by atoms with Crippen molar-refractivity contribution in [2.45, 2.75) is 47.1 Å². The van der Waals surface area contributed by atoms with Crippen LogP contribution in [0, 0.1) is 19.8 Å². The van der Waals surface area contributed by atoms with Crippen molar-refractivity contribution in [1.29, 1.82) is 0 Å². The smallest absolute Gasteiger partial charge is 0.224 e. The maximum Gasteiger partial charge on any atom is 0.224 e. The lowest BCUT2D eigenvalue weighted by atomic mass is 10.1. The fourth-order valence-electron chi connectivity index (χ4n) is 2.78. The molecule has 1 amide bonds. The van der Waals surface area contributed by atoms with Gasteiger partial charge in [-0.2, -0.15) is 5.10 Å². The highest BCUT2D eigenvalue weighted by molar-refractivity contribution is 5.85. The van der Waals surface area contributed by atoms with Crippen molar-refractivity contribution in [3.05, 3.63) is 28.6 Å². The quantitative estimate of drug-likeness (QED) is 0.780. The normalized spacial score (nSPS) is 14.4. The summed E-state index contributed by atoms with van der Waals surface area (Å²) >= 11 is 0. The first kappa shape index (κ1) is 19.7. The van der Waals surface area contributed by atoms with Gasteiger partial charge in [0.25, 0.3) is 0 Å². The van der Waals surface area contributed by atoms with Gasteiger partial charge in [-0.1, -0.05) is 25.5 Å². The van der Waals surface area contributed by atoms with E-state index in [1.54, 1.807) is 0 Å². The predicted octanol–water partition coefficient (Wildman–Crippen LogP) is 2.16. The number of nitrogens with zero attached hydrogens (tertiary/aromatic N) is 2. The summed E-state index contributed by atoms with van der Waals surface area (Å²) in [5.74, 6) is 0.626. The highest BCUT2D eigenvalue weighted by Gasteiger charge is 2.15. The van der Waals surface area contributed by atoms with Gasteiger partial charge in [-0.3, -0.25) is 9.48 Å². The molecular weight excluding hydrogens is 312 g/mol. The summed E-state index contributed by atoms with van der Waals surface area (Å²) in [6, 6.07) is 0. The van der Waals surface area contributed by atoms with Gasteiger partial charge in [0.1, 0.15) is 0 Å². The lowest BCUT2D eigenvalue weighted by Crippen LogP contribution is -2.30. The van der Waals surface area contributed by atoms with Crippen molar-refractivity contribution in [2.24, 2.45) is 5.92 Å². The summed E-state index contributed by atoms with van der Waals surface area (Å²) in [5.41, 5.74) is 4.46. The molecule has 0 unspecified atom stereocenters. The van der Waals surface area contributed by atoms with Gasteiger partial charge in [0, 0.05) is 30.9 Å². The van der Waals surface area contributed by atoms with Crippen LogP contribution in [0.25, 0.3) is 0 Å². The van der Waals surface area contributed by atoms with Crippen LogP contribution in [-0.2, 0) is 17.8 Å². The number of aromatic nitrogens is 2. The van der Waals surface area contributed by atoms with Gasteiger partial charge >= 0.3 is 0 Å². The molecule has 1 aliphatic heterocycles. The average Bonchev–Trinajstić information content (AvgIpc) is 2.73. The second-order valence-corrected chi connectivity index (χ2v) is 6.50. The predicted molar refractivity (Wildman–Crippen MR) is 96.1 cm³/mol. The molecule has 2 heterocycles. The minimum Gasteiger partial charge on any atom is -0.352 e. The Morgan fingerprint density at radius 2 is 2.17 bits per heavy atom. The van der Waals surface area contributed by atoms with Gasteiger partial charge < -0.3 is 10.6 Å². The van der Waals surface area contributed by atoms with E-state index in [0.717, 1.165) is 43.0 Å². The average molecular weight is 341 g/mol. The van der Waals surface area contributed by atoms with Crippen molar-refractivity contribution >= 4 is 18.3 Å². The summed E-state index contributed by atoms with van der Waals surface area (Å²) in [5, 5.41) is 10.9. The first-order valence-electron chi connectivity index (χ1n) is 8.15. The number of halogens is 1. The van der Waals surface area contributed by atoms with Crippen molar-refractivity contribution in [3.8, 4) is 0 Å². The monoisotopic (exact) mass is 340 g/mol. The molecule has 5 nitrogen and oxygen atoms in total. The van der Waals surface area contributed by atoms with E-state index >= 15 is 0 Å². The molecule has 0 bridgehead atoms. The van der Waals surface area contributed by atoms with Crippen LogP contribution in [0.1, 0.15) is 37.2 Å². The molecule has 2 N–H and O–H groups in total. The Labute approximate surface area is 145 Å². The first-order chi connectivity index (χ1) is 10.5. The van der Waals surface area contributed by atoms with Gasteiger partial charge in [-0.15, -0.1) is 12.4 Å². The highest BCUT2D eigenvalue weighted by Crippen LogP contribution is 2.15. The number of nitrogens with one attached hydrogen (secondary N) is 2. The second kappa shape index (κ2) is 9.08. The van der Waals surface area contributed by atoms with Crippen molar-refractivity contribution in [2.75, 3.05) is 19.6 Å². The fourth-order valence-corrected chi connectivity index (χ4v) is 2.78. The molecule has 1 aromatic heterocycles. The molecule has 0 spiro atoms. The molecule has 23 heavy (non-hydrogen) atoms. The highest BCUT2D eigenvalue weighted by atomic mass is 35.5. The number of aryl methyl sites for hydroxylation is 1. The third-order valence-corrected chi connectivity index (χ3v) is 4.08. The van der Waals surface area contributed by atoms with Crippen LogP contribution in [0.3, 0.4) is 0 Å². The van der Waals surface area contributed by atoms with Crippen LogP contribution >= 0.6 is 12.4 Å². The van der Waals surface area contributed by atoms with Gasteiger partial charge in [0.15, 0.2) is 0 Å². The summed E-state index contributed by atoms with van der Waals surface area (Å²) in [7, 11) is 0. The molecule has 0 aromatic carbocycles. The van der Waals surface area contributed by atoms with Gasteiger partial charge in [-0.25, -0.2) is 0 Å². The molecule has 2 rings (SSSR count). The van der Waals surface area contributed by atoms with E-state index in [1.165, 1.54) is 5.57 Å². The van der Waals surface area contributed by atoms with Crippen LogP contribution in [0.15, 0.2) is 11.6 Å². The number of amides is 1. The maximum absolute atomic E-state index is 12.2. The lowest BCUT2D eigenvalue weighted by molar-refractivity contribution is -0.120. The summed E-state index contributed by atoms with van der Waals surface area (Å²) in [4.78, 5) is 12.2. The minimum absolute atomic E-state index is 0. The van der Waals surface area contributed by atoms with Crippen LogP contribution in [0.5, 0.6) is 0 Å². The second-order valence-electron chi connectivity index (χ2n) is 6.50. The Kier molecular flexibility index (Phi) is 7.79. The molecule has 0 atom stereocenters. The molecule has 1 aromatic rings. The van der Waals surface area contributed by atoms with E-state index < -0.39 is 0 Å². The van der Waals surface area contributed by atoms with E-state index in [-0.39, 0.29) is 18.3 Å². The largest absolute Gasteiger partial charge is 0.352 e. The van der Waals surface area contributed by atoms with Crippen LogP contribution in [0.4, 0.5) is 0 Å². The molecule has 6 heteroatoms. The molecular formula is C17H29ClN4O. The number of hydrogen-bond donors (Lipinski definition) is 2. The van der Waals surface area contributed by atoms with Crippen LogP contribution < -0.4 is 10.6 Å². The van der Waals surface area contributed by atoms with E-state index in [0.29, 0.717) is 18.9 Å². The molecule has 0 aliphatic carbocycles. The molecule has 0 fully saturated rings. The summed E-state index contributed by atoms with van der Waals surface area (Å²) in [6.07, 6.45) is 3.60. The SMILES string of the molecule is Cc1nn(CC(C)C)c(C)c1CC(=O)NCC1=CCNCC1.Cl. The van der Waals surface area contributed by atoms with E-state index in [4.69, 9.17) is 0 Å². The standard InChI is InChI=1S/C17H28N4O.ClH/c1-12(2)11-21-14(4)16(13(3)20-21)9-17(22)19-10-15-5-7-18-8-6-15;/h5,12,18H,6-11H2,1-4H3,(H,19,22);1H. The number of carbonyl (C=O) groups is 1. The number of rotatable bonds is 6. The Morgan fingerprint density at radius 3 is 2.78 bits per heavy atom. The zero-order valence-electron chi connectivity index (χ0n) is 14.6. The van der Waals surface area contributed by atoms with Gasteiger partial charge in [0.05, 0.1) is 12.1 Å². The Bertz CT molecular complexity index is 563. The molecule has 0 radical (unpaired) electrons. The van der Waals surface area contributed by atoms with Gasteiger partial charge in [-0.05, 0) is 32.7 Å². The zero-order valence-corrected chi connectivity index (χ0v) is 15.4. The number of hydrogen-bond acceptors (Lipinski definition) is 3. The first-order valence-corrected chi connectivity index (χ1v) is 8.15. The van der Waals surface area contributed by atoms with Gasteiger partial charge in [0.2, 0.25) is 5.91 Å². The van der Waals surface area contributed by atoms with Crippen molar-refractivity contribution in [3.63, 3.8) is 0 Å². The Morgan fingerprint density at radius 1 is 1.43 bits per heavy atom. The fraction of sp³-hybridized carbons (Fsp3) is 0.647.